The Bertz CT molecular complexity index is 788. The lowest BCUT2D eigenvalue weighted by Gasteiger charge is -2.23. The highest BCUT2D eigenvalue weighted by molar-refractivity contribution is 5.43. The number of nitrogens with one attached hydrogen (secondary N) is 3. The molecule has 3 rings (SSSR count). The molecular weight excluding hydrogens is 413 g/mol. The Balaban J connectivity index is 1.54. The van der Waals surface area contributed by atoms with Crippen molar-refractivity contribution in [1.82, 2.24) is 15.0 Å². The zero-order valence-corrected chi connectivity index (χ0v) is 18.5. The lowest BCUT2D eigenvalue weighted by atomic mass is 9.96. The van der Waals surface area contributed by atoms with Crippen LogP contribution < -0.4 is 21.7 Å². The summed E-state index contributed by atoms with van der Waals surface area (Å²) >= 11 is 0. The maximum absolute atomic E-state index is 13.1. The van der Waals surface area contributed by atoms with Gasteiger partial charge in [0.05, 0.1) is 26.4 Å². The molecule has 1 aliphatic carbocycles. The molecule has 10 heteroatoms. The Morgan fingerprint density at radius 1 is 0.844 bits per heavy atom. The lowest BCUT2D eigenvalue weighted by Crippen LogP contribution is -2.24. The predicted octanol–water partition coefficient (Wildman–Crippen LogP) is 2.77. The van der Waals surface area contributed by atoms with E-state index in [2.05, 4.69) is 30.9 Å². The van der Waals surface area contributed by atoms with E-state index in [-0.39, 0.29) is 5.82 Å². The van der Waals surface area contributed by atoms with Crippen LogP contribution in [0.1, 0.15) is 37.7 Å². The highest BCUT2D eigenvalue weighted by Crippen LogP contribution is 2.21. The first-order valence-corrected chi connectivity index (χ1v) is 11.3. The van der Waals surface area contributed by atoms with Crippen molar-refractivity contribution < 1.29 is 13.9 Å². The lowest BCUT2D eigenvalue weighted by molar-refractivity contribution is 0.0547. The number of rotatable bonds is 14. The molecule has 1 aromatic carbocycles. The van der Waals surface area contributed by atoms with Crippen LogP contribution in [0.15, 0.2) is 24.3 Å². The van der Waals surface area contributed by atoms with E-state index in [4.69, 9.17) is 15.2 Å². The first-order valence-electron chi connectivity index (χ1n) is 11.3. The molecule has 176 valence electrons. The van der Waals surface area contributed by atoms with Gasteiger partial charge in [0.25, 0.3) is 0 Å². The quantitative estimate of drug-likeness (QED) is 0.324. The highest BCUT2D eigenvalue weighted by atomic mass is 19.1. The van der Waals surface area contributed by atoms with Crippen LogP contribution >= 0.6 is 0 Å². The number of nitrogens with two attached hydrogens (primary N) is 1. The van der Waals surface area contributed by atoms with Crippen LogP contribution in [-0.2, 0) is 16.0 Å². The van der Waals surface area contributed by atoms with Gasteiger partial charge in [-0.05, 0) is 30.5 Å². The summed E-state index contributed by atoms with van der Waals surface area (Å²) in [6.45, 7) is 3.63. The summed E-state index contributed by atoms with van der Waals surface area (Å²) in [7, 11) is 0. The monoisotopic (exact) mass is 447 g/mol. The zero-order valence-electron chi connectivity index (χ0n) is 18.5. The van der Waals surface area contributed by atoms with E-state index < -0.39 is 0 Å². The van der Waals surface area contributed by atoms with Gasteiger partial charge in [0.15, 0.2) is 0 Å². The Labute approximate surface area is 188 Å². The van der Waals surface area contributed by atoms with Crippen LogP contribution in [0, 0.1) is 5.82 Å². The first-order chi connectivity index (χ1) is 15.7. The van der Waals surface area contributed by atoms with E-state index in [0.717, 1.165) is 18.4 Å². The summed E-state index contributed by atoms with van der Waals surface area (Å²) in [5.41, 5.74) is 6.32. The van der Waals surface area contributed by atoms with Gasteiger partial charge in [-0.1, -0.05) is 31.4 Å². The topological polar surface area (TPSA) is 119 Å². The van der Waals surface area contributed by atoms with Gasteiger partial charge in [0.2, 0.25) is 17.8 Å². The van der Waals surface area contributed by atoms with Gasteiger partial charge >= 0.3 is 0 Å². The van der Waals surface area contributed by atoms with Crippen molar-refractivity contribution in [3.63, 3.8) is 0 Å². The molecular formula is C22H34FN7O2. The third kappa shape index (κ3) is 8.89. The van der Waals surface area contributed by atoms with Crippen LogP contribution in [0.4, 0.5) is 22.2 Å². The maximum Gasteiger partial charge on any atom is 0.229 e. The second-order valence-corrected chi connectivity index (χ2v) is 7.71. The summed E-state index contributed by atoms with van der Waals surface area (Å²) in [4.78, 5) is 13.5. The molecule has 0 amide bonds. The van der Waals surface area contributed by atoms with Gasteiger partial charge in [-0.25, -0.2) is 4.39 Å². The Morgan fingerprint density at radius 3 is 2.22 bits per heavy atom. The van der Waals surface area contributed by atoms with E-state index in [1.165, 1.54) is 31.4 Å². The van der Waals surface area contributed by atoms with Crippen LogP contribution in [0.3, 0.4) is 0 Å². The summed E-state index contributed by atoms with van der Waals surface area (Å²) in [6, 6.07) is 6.72. The number of aromatic nitrogens is 3. The fraction of sp³-hybridized carbons (Fsp3) is 0.591. The maximum atomic E-state index is 13.1. The third-order valence-corrected chi connectivity index (χ3v) is 5.10. The fourth-order valence-electron chi connectivity index (χ4n) is 3.45. The Kier molecular flexibility index (Phi) is 10.4. The molecule has 0 bridgehead atoms. The van der Waals surface area contributed by atoms with E-state index in [1.54, 1.807) is 12.1 Å². The highest BCUT2D eigenvalue weighted by Gasteiger charge is 2.15. The van der Waals surface area contributed by atoms with E-state index in [1.807, 2.05) is 0 Å². The average molecular weight is 448 g/mol. The van der Waals surface area contributed by atoms with Crippen molar-refractivity contribution in [2.24, 2.45) is 5.73 Å². The number of nitrogens with zero attached hydrogens (tertiary/aromatic N) is 3. The molecule has 9 nitrogen and oxygen atoms in total. The molecule has 1 fully saturated rings. The molecule has 1 saturated carbocycles. The number of anilines is 3. The molecule has 0 radical (unpaired) electrons. The van der Waals surface area contributed by atoms with Gasteiger partial charge in [-0.3, -0.25) is 0 Å². The van der Waals surface area contributed by atoms with Crippen molar-refractivity contribution in [3.05, 3.63) is 35.6 Å². The van der Waals surface area contributed by atoms with Crippen LogP contribution in [-0.4, -0.2) is 60.5 Å². The van der Waals surface area contributed by atoms with Crippen molar-refractivity contribution >= 4 is 17.8 Å². The first kappa shape index (κ1) is 24.1. The second-order valence-electron chi connectivity index (χ2n) is 7.71. The van der Waals surface area contributed by atoms with Crippen molar-refractivity contribution in [2.75, 3.05) is 55.5 Å². The minimum atomic E-state index is -0.257. The summed E-state index contributed by atoms with van der Waals surface area (Å²) < 4.78 is 24.0. The molecule has 0 atom stereocenters. The number of hydrogen-bond donors (Lipinski definition) is 4. The van der Waals surface area contributed by atoms with Crippen LogP contribution in [0.25, 0.3) is 0 Å². The molecule has 0 spiro atoms. The number of halogens is 1. The summed E-state index contributed by atoms with van der Waals surface area (Å²) in [5, 5.41) is 9.85. The smallest absolute Gasteiger partial charge is 0.229 e. The average Bonchev–Trinajstić information content (AvgIpc) is 2.81. The molecule has 32 heavy (non-hydrogen) atoms. The van der Waals surface area contributed by atoms with Gasteiger partial charge < -0.3 is 31.2 Å². The van der Waals surface area contributed by atoms with Gasteiger partial charge in [0.1, 0.15) is 5.82 Å². The molecule has 0 saturated heterocycles. The molecule has 0 unspecified atom stereocenters. The predicted molar refractivity (Wildman–Crippen MR) is 123 cm³/mol. The van der Waals surface area contributed by atoms with Gasteiger partial charge in [-0.15, -0.1) is 0 Å². The normalized spacial score (nSPS) is 14.3. The largest absolute Gasteiger partial charge is 0.378 e. The van der Waals surface area contributed by atoms with E-state index >= 15 is 0 Å². The van der Waals surface area contributed by atoms with Gasteiger partial charge in [-0.2, -0.15) is 15.0 Å². The van der Waals surface area contributed by atoms with Crippen LogP contribution in [0.2, 0.25) is 0 Å². The molecule has 5 N–H and O–H groups in total. The van der Waals surface area contributed by atoms with Crippen molar-refractivity contribution in [3.8, 4) is 0 Å². The van der Waals surface area contributed by atoms with Crippen molar-refractivity contribution in [1.29, 1.82) is 0 Å². The number of hydrogen-bond acceptors (Lipinski definition) is 9. The summed E-state index contributed by atoms with van der Waals surface area (Å²) in [6.07, 6.45) is 5.95. The standard InChI is InChI=1S/C22H34FN7O2/c23-18-8-6-17(7-9-18)16-26-21-28-20(25-11-13-32-15-14-31-12-10-24)29-22(30-21)27-19-4-2-1-3-5-19/h6-9,19H,1-5,10-16,24H2,(H3,25,26,27,28,29,30). The van der Waals surface area contributed by atoms with E-state index in [0.29, 0.717) is 69.9 Å². The molecule has 1 aliphatic rings. The van der Waals surface area contributed by atoms with Crippen LogP contribution in [0.5, 0.6) is 0 Å². The molecule has 0 aliphatic heterocycles. The SMILES string of the molecule is NCCOCCOCCNc1nc(NCc2ccc(F)cc2)nc(NC2CCCCC2)n1. The second kappa shape index (κ2) is 13.8. The molecule has 1 heterocycles. The Hall–Kier alpha value is -2.56. The number of benzene rings is 1. The van der Waals surface area contributed by atoms with E-state index in [9.17, 15) is 4.39 Å². The minimum Gasteiger partial charge on any atom is -0.378 e. The zero-order chi connectivity index (χ0) is 22.4. The summed E-state index contributed by atoms with van der Waals surface area (Å²) in [5.74, 6) is 1.23. The van der Waals surface area contributed by atoms with Crippen molar-refractivity contribution in [2.45, 2.75) is 44.7 Å². The fourth-order valence-corrected chi connectivity index (χ4v) is 3.45. The Morgan fingerprint density at radius 2 is 1.50 bits per heavy atom. The van der Waals surface area contributed by atoms with Gasteiger partial charge in [0, 0.05) is 25.7 Å². The third-order valence-electron chi connectivity index (χ3n) is 5.10. The molecule has 2 aromatic rings. The number of ether oxygens (including phenoxy) is 2. The molecule has 1 aromatic heterocycles. The minimum absolute atomic E-state index is 0.257.